The molecule has 0 bridgehead atoms. The second kappa shape index (κ2) is 4.85. The average Bonchev–Trinajstić information content (AvgIpc) is 2.93. The molecule has 1 heteroatoms. The van der Waals surface area contributed by atoms with Gasteiger partial charge in [-0.2, -0.15) is 0 Å². The molecule has 0 saturated carbocycles. The molecule has 0 aliphatic carbocycles. The second-order valence-corrected chi connectivity index (χ2v) is 5.01. The first-order chi connectivity index (χ1) is 10.4. The fraction of sp³-hybridized carbons (Fsp3) is 0. The van der Waals surface area contributed by atoms with Gasteiger partial charge in [-0.25, -0.2) is 0 Å². The van der Waals surface area contributed by atoms with Gasteiger partial charge in [0.25, 0.3) is 0 Å². The molecule has 0 aliphatic heterocycles. The smallest absolute Gasteiger partial charge is 0.0624 e. The molecule has 0 unspecified atom stereocenters. The summed E-state index contributed by atoms with van der Waals surface area (Å²) in [5, 5.41) is 2.47. The summed E-state index contributed by atoms with van der Waals surface area (Å²) in [6, 6.07) is 24.7. The van der Waals surface area contributed by atoms with Crippen LogP contribution in [0.5, 0.6) is 0 Å². The second-order valence-electron chi connectivity index (χ2n) is 5.01. The number of nitrogens with one attached hydrogen (secondary N) is 1. The molecule has 0 radical (unpaired) electrons. The number of rotatable bonds is 0. The molecule has 1 heterocycles. The van der Waals surface area contributed by atoms with Crippen LogP contribution in [0, 0.1) is 11.8 Å². The highest BCUT2D eigenvalue weighted by Gasteiger charge is 2.05. The summed E-state index contributed by atoms with van der Waals surface area (Å²) in [5.41, 5.74) is 4.33. The van der Waals surface area contributed by atoms with Crippen LogP contribution in [0.25, 0.3) is 21.8 Å². The lowest BCUT2D eigenvalue weighted by atomic mass is 10.1. The Hall–Kier alpha value is -2.98. The minimum absolute atomic E-state index is 1.03. The minimum Gasteiger partial charge on any atom is -0.353 e. The molecule has 1 nitrogen and oxygen atoms in total. The Labute approximate surface area is 123 Å². The maximum Gasteiger partial charge on any atom is 0.0624 e. The molecule has 3 aromatic carbocycles. The van der Waals surface area contributed by atoms with E-state index < -0.39 is 0 Å². The van der Waals surface area contributed by atoms with Gasteiger partial charge in [0.15, 0.2) is 0 Å². The lowest BCUT2D eigenvalue weighted by molar-refractivity contribution is 1.53. The van der Waals surface area contributed by atoms with E-state index in [1.165, 1.54) is 10.8 Å². The van der Waals surface area contributed by atoms with Crippen LogP contribution >= 0.6 is 0 Å². The van der Waals surface area contributed by atoms with Gasteiger partial charge < -0.3 is 4.98 Å². The molecular formula is C20H13N. The molecule has 0 aliphatic rings. The maximum absolute atomic E-state index is 3.48. The molecule has 1 aromatic heterocycles. The molecule has 21 heavy (non-hydrogen) atoms. The van der Waals surface area contributed by atoms with Gasteiger partial charge in [-0.05, 0) is 24.3 Å². The van der Waals surface area contributed by atoms with Gasteiger partial charge in [0, 0.05) is 27.4 Å². The molecule has 0 saturated heterocycles. The zero-order valence-corrected chi connectivity index (χ0v) is 11.4. The molecule has 0 atom stereocenters. The first-order valence-corrected chi connectivity index (χ1v) is 6.98. The van der Waals surface area contributed by atoms with Gasteiger partial charge in [-0.3, -0.25) is 0 Å². The Bertz CT molecular complexity index is 982. The van der Waals surface area contributed by atoms with Crippen LogP contribution in [-0.2, 0) is 0 Å². The number of aromatic nitrogens is 1. The molecule has 0 amide bonds. The van der Waals surface area contributed by atoms with E-state index in [1.54, 1.807) is 0 Å². The van der Waals surface area contributed by atoms with Crippen molar-refractivity contribution in [3.8, 4) is 11.8 Å². The van der Waals surface area contributed by atoms with Crippen molar-refractivity contribution in [2.45, 2.75) is 0 Å². The third-order valence-electron chi connectivity index (χ3n) is 3.66. The Balaban J connectivity index is 1.92. The Morgan fingerprint density at radius 2 is 1.38 bits per heavy atom. The lowest BCUT2D eigenvalue weighted by Gasteiger charge is -1.94. The van der Waals surface area contributed by atoms with Crippen molar-refractivity contribution in [3.05, 3.63) is 83.9 Å². The molecule has 0 fully saturated rings. The van der Waals surface area contributed by atoms with Crippen LogP contribution in [0.15, 0.2) is 72.8 Å². The number of para-hydroxylation sites is 2. The molecule has 98 valence electrons. The third-order valence-corrected chi connectivity index (χ3v) is 3.66. The quantitative estimate of drug-likeness (QED) is 0.444. The third kappa shape index (κ3) is 2.07. The van der Waals surface area contributed by atoms with E-state index >= 15 is 0 Å². The number of fused-ring (bicyclic) bond motifs is 3. The van der Waals surface area contributed by atoms with Crippen LogP contribution in [-0.4, -0.2) is 4.98 Å². The summed E-state index contributed by atoms with van der Waals surface area (Å²) in [7, 11) is 0. The van der Waals surface area contributed by atoms with E-state index in [0.29, 0.717) is 0 Å². The molecule has 4 rings (SSSR count). The number of hydrogen-bond donors (Lipinski definition) is 1. The predicted molar refractivity (Wildman–Crippen MR) is 88.2 cm³/mol. The standard InChI is InChI=1S/C20H13N/c1-2-7-15(8-3-1)13-14-16-9-6-11-18-17-10-4-5-12-19(17)21-20(16)18/h1-12,21H. The molecule has 1 N–H and O–H groups in total. The summed E-state index contributed by atoms with van der Waals surface area (Å²) in [6.07, 6.45) is 0. The van der Waals surface area contributed by atoms with Crippen molar-refractivity contribution >= 4 is 21.8 Å². The largest absolute Gasteiger partial charge is 0.353 e. The van der Waals surface area contributed by atoms with Gasteiger partial charge in [-0.15, -0.1) is 0 Å². The van der Waals surface area contributed by atoms with Crippen LogP contribution in [0.2, 0.25) is 0 Å². The minimum atomic E-state index is 1.03. The Morgan fingerprint density at radius 3 is 2.29 bits per heavy atom. The zero-order valence-electron chi connectivity index (χ0n) is 11.4. The fourth-order valence-corrected chi connectivity index (χ4v) is 2.64. The van der Waals surface area contributed by atoms with Gasteiger partial charge in [0.05, 0.1) is 5.52 Å². The summed E-state index contributed by atoms with van der Waals surface area (Å²) in [4.78, 5) is 3.48. The van der Waals surface area contributed by atoms with Crippen molar-refractivity contribution in [3.63, 3.8) is 0 Å². The fourth-order valence-electron chi connectivity index (χ4n) is 2.64. The van der Waals surface area contributed by atoms with Gasteiger partial charge >= 0.3 is 0 Å². The van der Waals surface area contributed by atoms with E-state index in [-0.39, 0.29) is 0 Å². The zero-order chi connectivity index (χ0) is 14.1. The highest BCUT2D eigenvalue weighted by Crippen LogP contribution is 2.26. The van der Waals surface area contributed by atoms with E-state index in [1.807, 2.05) is 36.4 Å². The van der Waals surface area contributed by atoms with Crippen molar-refractivity contribution < 1.29 is 0 Å². The van der Waals surface area contributed by atoms with Gasteiger partial charge in [0.1, 0.15) is 0 Å². The van der Waals surface area contributed by atoms with Gasteiger partial charge in [0.2, 0.25) is 0 Å². The van der Waals surface area contributed by atoms with Crippen LogP contribution in [0.1, 0.15) is 11.1 Å². The predicted octanol–water partition coefficient (Wildman–Crippen LogP) is 4.72. The summed E-state index contributed by atoms with van der Waals surface area (Å²) in [6.45, 7) is 0. The highest BCUT2D eigenvalue weighted by atomic mass is 14.7. The van der Waals surface area contributed by atoms with Crippen LogP contribution in [0.3, 0.4) is 0 Å². The first kappa shape index (κ1) is 11.8. The van der Waals surface area contributed by atoms with E-state index in [9.17, 15) is 0 Å². The Kier molecular flexibility index (Phi) is 2.73. The summed E-state index contributed by atoms with van der Waals surface area (Å²) < 4.78 is 0. The van der Waals surface area contributed by atoms with Crippen molar-refractivity contribution in [2.75, 3.05) is 0 Å². The molecular weight excluding hydrogens is 254 g/mol. The van der Waals surface area contributed by atoms with E-state index in [2.05, 4.69) is 53.2 Å². The highest BCUT2D eigenvalue weighted by molar-refractivity contribution is 6.08. The van der Waals surface area contributed by atoms with Crippen molar-refractivity contribution in [2.24, 2.45) is 0 Å². The summed E-state index contributed by atoms with van der Waals surface area (Å²) >= 11 is 0. The van der Waals surface area contributed by atoms with Crippen molar-refractivity contribution in [1.82, 2.24) is 4.98 Å². The average molecular weight is 267 g/mol. The number of aromatic amines is 1. The molecule has 0 spiro atoms. The SMILES string of the molecule is C(#Cc1cccc2c1[nH]c1ccccc12)c1ccccc1. The van der Waals surface area contributed by atoms with Crippen molar-refractivity contribution in [1.29, 1.82) is 0 Å². The topological polar surface area (TPSA) is 15.8 Å². The van der Waals surface area contributed by atoms with Crippen LogP contribution < -0.4 is 0 Å². The monoisotopic (exact) mass is 267 g/mol. The van der Waals surface area contributed by atoms with Crippen LogP contribution in [0.4, 0.5) is 0 Å². The first-order valence-electron chi connectivity index (χ1n) is 6.98. The van der Waals surface area contributed by atoms with E-state index in [0.717, 1.165) is 22.2 Å². The number of H-pyrrole nitrogens is 1. The summed E-state index contributed by atoms with van der Waals surface area (Å²) in [5.74, 6) is 6.51. The Morgan fingerprint density at radius 1 is 0.619 bits per heavy atom. The lowest BCUT2D eigenvalue weighted by Crippen LogP contribution is -1.78. The maximum atomic E-state index is 3.48. The number of benzene rings is 3. The van der Waals surface area contributed by atoms with E-state index in [4.69, 9.17) is 0 Å². The number of hydrogen-bond acceptors (Lipinski definition) is 0. The molecule has 4 aromatic rings. The van der Waals surface area contributed by atoms with Gasteiger partial charge in [-0.1, -0.05) is 60.4 Å². The normalized spacial score (nSPS) is 10.5.